The molecule has 5 nitrogen and oxygen atoms in total. The van der Waals surface area contributed by atoms with Gasteiger partial charge in [0.25, 0.3) is 5.91 Å². The number of hydrogen-bond acceptors (Lipinski definition) is 2. The molecular weight excluding hydrogens is 422 g/mol. The van der Waals surface area contributed by atoms with Gasteiger partial charge in [0.15, 0.2) is 0 Å². The highest BCUT2D eigenvalue weighted by Crippen LogP contribution is 2.27. The number of benzene rings is 3. The maximum atomic E-state index is 13.0. The van der Waals surface area contributed by atoms with Gasteiger partial charge in [-0.2, -0.15) is 0 Å². The van der Waals surface area contributed by atoms with E-state index < -0.39 is 6.03 Å². The molecule has 0 bridgehead atoms. The normalized spacial score (nSPS) is 15.0. The Balaban J connectivity index is 1.48. The number of nitrogens with one attached hydrogen (secondary N) is 1. The summed E-state index contributed by atoms with van der Waals surface area (Å²) in [5.41, 5.74) is 4.06. The fourth-order valence-corrected chi connectivity index (χ4v) is 4.16. The number of halogens is 1. The number of para-hydroxylation sites is 1. The zero-order chi connectivity index (χ0) is 22.1. The van der Waals surface area contributed by atoms with Crippen molar-refractivity contribution in [3.63, 3.8) is 0 Å². The van der Waals surface area contributed by atoms with Crippen LogP contribution in [0.5, 0.6) is 0 Å². The van der Waals surface area contributed by atoms with E-state index in [9.17, 15) is 9.59 Å². The van der Waals surface area contributed by atoms with Crippen molar-refractivity contribution in [2.45, 2.75) is 13.1 Å². The topological polar surface area (TPSA) is 54.3 Å². The van der Waals surface area contributed by atoms with Gasteiger partial charge in [-0.05, 0) is 29.3 Å². The van der Waals surface area contributed by atoms with E-state index in [0.29, 0.717) is 11.6 Å². The molecule has 6 heteroatoms. The van der Waals surface area contributed by atoms with Crippen LogP contribution in [0.2, 0.25) is 5.02 Å². The van der Waals surface area contributed by atoms with E-state index in [1.807, 2.05) is 85.1 Å². The van der Waals surface area contributed by atoms with Crippen LogP contribution < -0.4 is 5.32 Å². The zero-order valence-electron chi connectivity index (χ0n) is 17.2. The summed E-state index contributed by atoms with van der Waals surface area (Å²) in [6.45, 7) is 0.834. The van der Waals surface area contributed by atoms with E-state index >= 15 is 0 Å². The summed E-state index contributed by atoms with van der Waals surface area (Å²) in [6, 6.07) is 24.8. The smallest absolute Gasteiger partial charge is 0.329 e. The average Bonchev–Trinajstić information content (AvgIpc) is 3.28. The monoisotopic (exact) mass is 441 g/mol. The van der Waals surface area contributed by atoms with E-state index in [-0.39, 0.29) is 18.1 Å². The van der Waals surface area contributed by atoms with Gasteiger partial charge in [0.05, 0.1) is 6.54 Å². The van der Waals surface area contributed by atoms with Gasteiger partial charge in [-0.15, -0.1) is 0 Å². The summed E-state index contributed by atoms with van der Waals surface area (Å²) < 4.78 is 2.10. The van der Waals surface area contributed by atoms with Crippen LogP contribution >= 0.6 is 11.6 Å². The molecule has 3 amide bonds. The molecule has 3 aromatic carbocycles. The largest absolute Gasteiger partial charge is 0.342 e. The first-order valence-electron chi connectivity index (χ1n) is 10.3. The van der Waals surface area contributed by atoms with E-state index in [1.54, 1.807) is 6.08 Å². The van der Waals surface area contributed by atoms with Crippen LogP contribution in [-0.4, -0.2) is 21.4 Å². The third-order valence-electron chi connectivity index (χ3n) is 5.56. The van der Waals surface area contributed by atoms with E-state index in [1.165, 1.54) is 4.90 Å². The predicted molar refractivity (Wildman–Crippen MR) is 126 cm³/mol. The number of nitrogens with zero attached hydrogens (tertiary/aromatic N) is 2. The molecule has 0 spiro atoms. The first-order valence-corrected chi connectivity index (χ1v) is 10.7. The van der Waals surface area contributed by atoms with Crippen LogP contribution in [0.4, 0.5) is 4.79 Å². The number of hydrogen-bond donors (Lipinski definition) is 1. The predicted octanol–water partition coefficient (Wildman–Crippen LogP) is 5.44. The lowest BCUT2D eigenvalue weighted by molar-refractivity contribution is -0.123. The van der Waals surface area contributed by atoms with Crippen LogP contribution in [-0.2, 0) is 17.9 Å². The molecule has 0 unspecified atom stereocenters. The minimum atomic E-state index is -0.412. The lowest BCUT2D eigenvalue weighted by Gasteiger charge is -2.11. The molecule has 158 valence electrons. The van der Waals surface area contributed by atoms with Crippen molar-refractivity contribution >= 4 is 40.5 Å². The number of amides is 3. The molecular formula is C26H20ClN3O2. The summed E-state index contributed by atoms with van der Waals surface area (Å²) in [6.07, 6.45) is 3.73. The number of carbonyl (C=O) groups is 2. The summed E-state index contributed by atoms with van der Waals surface area (Å²) >= 11 is 6.36. The Kier molecular flexibility index (Phi) is 5.25. The molecule has 0 aliphatic carbocycles. The van der Waals surface area contributed by atoms with Crippen LogP contribution in [0.15, 0.2) is 90.8 Å². The second-order valence-corrected chi connectivity index (χ2v) is 8.09. The van der Waals surface area contributed by atoms with Crippen molar-refractivity contribution in [2.24, 2.45) is 0 Å². The van der Waals surface area contributed by atoms with Gasteiger partial charge in [0.2, 0.25) is 0 Å². The Labute approximate surface area is 190 Å². The van der Waals surface area contributed by atoms with Crippen molar-refractivity contribution in [3.8, 4) is 0 Å². The van der Waals surface area contributed by atoms with Gasteiger partial charge in [-0.1, -0.05) is 78.3 Å². The highest BCUT2D eigenvalue weighted by Gasteiger charge is 2.33. The third kappa shape index (κ3) is 3.79. The van der Waals surface area contributed by atoms with Gasteiger partial charge in [0.1, 0.15) is 5.70 Å². The van der Waals surface area contributed by atoms with Crippen molar-refractivity contribution in [1.82, 2.24) is 14.8 Å². The first-order chi connectivity index (χ1) is 15.6. The van der Waals surface area contributed by atoms with Gasteiger partial charge >= 0.3 is 6.03 Å². The number of imide groups is 1. The molecule has 32 heavy (non-hydrogen) atoms. The van der Waals surface area contributed by atoms with Gasteiger partial charge in [0, 0.05) is 34.2 Å². The molecule has 1 aliphatic heterocycles. The Bertz CT molecular complexity index is 1360. The molecule has 0 atom stereocenters. The Morgan fingerprint density at radius 1 is 0.844 bits per heavy atom. The molecule has 1 fully saturated rings. The fraction of sp³-hybridized carbons (Fsp3) is 0.0769. The molecule has 0 saturated carbocycles. The summed E-state index contributed by atoms with van der Waals surface area (Å²) in [5, 5.41) is 4.43. The fourth-order valence-electron chi connectivity index (χ4n) is 3.97. The second-order valence-electron chi connectivity index (χ2n) is 7.69. The summed E-state index contributed by atoms with van der Waals surface area (Å²) in [7, 11) is 0. The van der Waals surface area contributed by atoms with Crippen LogP contribution in [0.1, 0.15) is 16.7 Å². The standard InChI is InChI=1S/C26H20ClN3O2/c27-22-12-6-4-10-19(22)16-29-17-20(21-11-5-7-13-24(21)29)14-23-25(31)30(26(32)28-23)15-18-8-2-1-3-9-18/h1-14,17H,15-16H2,(H,28,32)/b23-14+. The van der Waals surface area contributed by atoms with Crippen LogP contribution in [0.25, 0.3) is 17.0 Å². The SMILES string of the molecule is O=C1N/C(=C/c2cn(Cc3ccccc3Cl)c3ccccc23)C(=O)N1Cc1ccccc1. The van der Waals surface area contributed by atoms with Crippen molar-refractivity contribution in [3.05, 3.63) is 112 Å². The van der Waals surface area contributed by atoms with Gasteiger partial charge in [-0.3, -0.25) is 9.69 Å². The Hall–Kier alpha value is -3.83. The van der Waals surface area contributed by atoms with Crippen LogP contribution in [0, 0.1) is 0 Å². The third-order valence-corrected chi connectivity index (χ3v) is 5.93. The Morgan fingerprint density at radius 3 is 2.38 bits per heavy atom. The van der Waals surface area contributed by atoms with Crippen molar-refractivity contribution < 1.29 is 9.59 Å². The quantitative estimate of drug-likeness (QED) is 0.331. The van der Waals surface area contributed by atoms with Gasteiger partial charge < -0.3 is 9.88 Å². The number of fused-ring (bicyclic) bond motifs is 1. The molecule has 1 N–H and O–H groups in total. The van der Waals surface area contributed by atoms with Crippen molar-refractivity contribution in [2.75, 3.05) is 0 Å². The second kappa shape index (κ2) is 8.36. The zero-order valence-corrected chi connectivity index (χ0v) is 17.9. The van der Waals surface area contributed by atoms with E-state index in [4.69, 9.17) is 11.6 Å². The molecule has 5 rings (SSSR count). The van der Waals surface area contributed by atoms with Crippen LogP contribution in [0.3, 0.4) is 0 Å². The summed E-state index contributed by atoms with van der Waals surface area (Å²) in [5.74, 6) is -0.332. The minimum absolute atomic E-state index is 0.233. The maximum Gasteiger partial charge on any atom is 0.329 e. The average molecular weight is 442 g/mol. The lowest BCUT2D eigenvalue weighted by Crippen LogP contribution is -2.30. The van der Waals surface area contributed by atoms with Gasteiger partial charge in [-0.25, -0.2) is 4.79 Å². The molecule has 2 heterocycles. The highest BCUT2D eigenvalue weighted by molar-refractivity contribution is 6.31. The molecule has 1 aromatic heterocycles. The number of aromatic nitrogens is 1. The summed E-state index contributed by atoms with van der Waals surface area (Å²) in [4.78, 5) is 26.6. The molecule has 1 saturated heterocycles. The van der Waals surface area contributed by atoms with Crippen molar-refractivity contribution in [1.29, 1.82) is 0 Å². The highest BCUT2D eigenvalue weighted by atomic mass is 35.5. The maximum absolute atomic E-state index is 13.0. The lowest BCUT2D eigenvalue weighted by atomic mass is 10.1. The number of rotatable bonds is 5. The minimum Gasteiger partial charge on any atom is -0.342 e. The number of urea groups is 1. The molecule has 1 aliphatic rings. The van der Waals surface area contributed by atoms with E-state index in [2.05, 4.69) is 9.88 Å². The molecule has 0 radical (unpaired) electrons. The molecule has 4 aromatic rings. The first kappa shape index (κ1) is 20.1. The van der Waals surface area contributed by atoms with E-state index in [0.717, 1.165) is 27.6 Å². The Morgan fingerprint density at radius 2 is 1.56 bits per heavy atom. The number of carbonyl (C=O) groups excluding carboxylic acids is 2.